The smallest absolute Gasteiger partial charge is 0.258 e. The first-order valence-corrected chi connectivity index (χ1v) is 5.92. The molecule has 0 saturated carbocycles. The number of aliphatic imine (C=N–C) groups is 1. The lowest BCUT2D eigenvalue weighted by molar-refractivity contribution is -0.384. The van der Waals surface area contributed by atoms with Gasteiger partial charge in [-0.15, -0.1) is 0 Å². The average molecular weight is 254 g/mol. The average Bonchev–Trinajstić information content (AvgIpc) is 2.38. The zero-order chi connectivity index (χ0) is 13.8. The van der Waals surface area contributed by atoms with Crippen LogP contribution in [0.5, 0.6) is 0 Å². The van der Waals surface area contributed by atoms with Crippen LogP contribution in [-0.4, -0.2) is 11.1 Å². The van der Waals surface area contributed by atoms with Crippen LogP contribution in [0.4, 0.5) is 11.4 Å². The lowest BCUT2D eigenvalue weighted by Crippen LogP contribution is -1.89. The van der Waals surface area contributed by atoms with Crippen molar-refractivity contribution in [1.29, 1.82) is 0 Å². The Hall–Kier alpha value is -2.49. The Morgan fingerprint density at radius 1 is 1.16 bits per heavy atom. The van der Waals surface area contributed by atoms with Crippen LogP contribution in [0.2, 0.25) is 0 Å². The molecule has 0 bridgehead atoms. The van der Waals surface area contributed by atoms with E-state index >= 15 is 0 Å². The molecule has 0 unspecified atom stereocenters. The van der Waals surface area contributed by atoms with Crippen molar-refractivity contribution in [3.05, 3.63) is 69.3 Å². The number of nitro benzene ring substituents is 1. The van der Waals surface area contributed by atoms with E-state index in [0.717, 1.165) is 11.3 Å². The molecular formula is C15H14N2O2. The third kappa shape index (κ3) is 3.25. The van der Waals surface area contributed by atoms with E-state index in [4.69, 9.17) is 0 Å². The van der Waals surface area contributed by atoms with Gasteiger partial charge in [-0.2, -0.15) is 0 Å². The summed E-state index contributed by atoms with van der Waals surface area (Å²) in [5.41, 5.74) is 3.93. The van der Waals surface area contributed by atoms with E-state index in [-0.39, 0.29) is 5.69 Å². The summed E-state index contributed by atoms with van der Waals surface area (Å²) < 4.78 is 0. The van der Waals surface area contributed by atoms with Crippen molar-refractivity contribution in [2.75, 3.05) is 0 Å². The summed E-state index contributed by atoms with van der Waals surface area (Å²) in [6, 6.07) is 12.4. The number of nitrogens with zero attached hydrogens (tertiary/aromatic N) is 2. The Bertz CT molecular complexity index is 648. The zero-order valence-electron chi connectivity index (χ0n) is 10.8. The van der Waals surface area contributed by atoms with Gasteiger partial charge < -0.3 is 0 Å². The maximum absolute atomic E-state index is 10.7. The second-order valence-corrected chi connectivity index (χ2v) is 4.40. The number of hydrogen-bond acceptors (Lipinski definition) is 3. The summed E-state index contributed by atoms with van der Waals surface area (Å²) in [6.45, 7) is 4.02. The molecule has 0 atom stereocenters. The molecule has 4 heteroatoms. The number of nitro groups is 1. The van der Waals surface area contributed by atoms with Crippen LogP contribution in [0.1, 0.15) is 16.7 Å². The summed E-state index contributed by atoms with van der Waals surface area (Å²) in [5, 5.41) is 10.7. The Kier molecular flexibility index (Phi) is 3.71. The topological polar surface area (TPSA) is 55.5 Å². The first kappa shape index (κ1) is 13.0. The van der Waals surface area contributed by atoms with Crippen LogP contribution < -0.4 is 0 Å². The highest BCUT2D eigenvalue weighted by molar-refractivity contribution is 5.83. The normalized spacial score (nSPS) is 10.8. The van der Waals surface area contributed by atoms with Gasteiger partial charge in [-0.3, -0.25) is 15.1 Å². The maximum Gasteiger partial charge on any atom is 0.270 e. The molecule has 0 aromatic heterocycles. The van der Waals surface area contributed by atoms with Gasteiger partial charge in [0.05, 0.1) is 10.6 Å². The lowest BCUT2D eigenvalue weighted by Gasteiger charge is -2.01. The number of benzene rings is 2. The molecule has 2 rings (SSSR count). The van der Waals surface area contributed by atoms with E-state index in [2.05, 4.69) is 11.1 Å². The fraction of sp³-hybridized carbons (Fsp3) is 0.133. The van der Waals surface area contributed by atoms with Gasteiger partial charge in [0, 0.05) is 18.3 Å². The van der Waals surface area contributed by atoms with E-state index in [1.807, 2.05) is 26.0 Å². The summed E-state index contributed by atoms with van der Waals surface area (Å²) in [6.07, 6.45) is 1.64. The van der Waals surface area contributed by atoms with E-state index in [1.54, 1.807) is 18.3 Å². The highest BCUT2D eigenvalue weighted by atomic mass is 16.6. The summed E-state index contributed by atoms with van der Waals surface area (Å²) in [5.74, 6) is 0. The molecule has 0 aliphatic carbocycles. The van der Waals surface area contributed by atoms with Crippen LogP contribution in [0.15, 0.2) is 47.5 Å². The number of non-ortho nitro benzene ring substituents is 1. The lowest BCUT2D eigenvalue weighted by atomic mass is 10.1. The molecule has 2 aromatic rings. The van der Waals surface area contributed by atoms with Crippen molar-refractivity contribution in [2.24, 2.45) is 4.99 Å². The van der Waals surface area contributed by atoms with Gasteiger partial charge in [0.1, 0.15) is 0 Å². The third-order valence-corrected chi connectivity index (χ3v) is 2.79. The number of rotatable bonds is 3. The first-order valence-electron chi connectivity index (χ1n) is 5.92. The molecular weight excluding hydrogens is 240 g/mol. The predicted octanol–water partition coefficient (Wildman–Crippen LogP) is 3.96. The van der Waals surface area contributed by atoms with Gasteiger partial charge >= 0.3 is 0 Å². The Morgan fingerprint density at radius 2 is 1.95 bits per heavy atom. The standard InChI is InChI=1S/C15H14N2O2/c1-11-6-7-15(12(2)8-11)16-10-13-4-3-5-14(9-13)17(18)19/h3-10H,1-2H3. The SMILES string of the molecule is Cc1ccc(N=Cc2cccc([N+](=O)[O-])c2)c(C)c1. The molecule has 0 aliphatic heterocycles. The van der Waals surface area contributed by atoms with Gasteiger partial charge in [0.2, 0.25) is 0 Å². The van der Waals surface area contributed by atoms with Crippen molar-refractivity contribution >= 4 is 17.6 Å². The van der Waals surface area contributed by atoms with Gasteiger partial charge in [-0.1, -0.05) is 29.8 Å². The summed E-state index contributed by atoms with van der Waals surface area (Å²) in [7, 11) is 0. The molecule has 0 amide bonds. The molecule has 0 N–H and O–H groups in total. The predicted molar refractivity (Wildman–Crippen MR) is 76.3 cm³/mol. The second kappa shape index (κ2) is 5.44. The Morgan fingerprint density at radius 3 is 2.63 bits per heavy atom. The van der Waals surface area contributed by atoms with Crippen molar-refractivity contribution in [3.8, 4) is 0 Å². The first-order chi connectivity index (χ1) is 9.06. The highest BCUT2D eigenvalue weighted by Crippen LogP contribution is 2.19. The molecule has 19 heavy (non-hydrogen) atoms. The van der Waals surface area contributed by atoms with Crippen LogP contribution >= 0.6 is 0 Å². The summed E-state index contributed by atoms with van der Waals surface area (Å²) in [4.78, 5) is 14.6. The molecule has 0 fully saturated rings. The molecule has 0 spiro atoms. The van der Waals surface area contributed by atoms with Crippen LogP contribution in [0.3, 0.4) is 0 Å². The summed E-state index contributed by atoms with van der Waals surface area (Å²) >= 11 is 0. The molecule has 4 nitrogen and oxygen atoms in total. The minimum absolute atomic E-state index is 0.0737. The quantitative estimate of drug-likeness (QED) is 0.473. The fourth-order valence-electron chi connectivity index (χ4n) is 1.81. The third-order valence-electron chi connectivity index (χ3n) is 2.79. The monoisotopic (exact) mass is 254 g/mol. The minimum Gasteiger partial charge on any atom is -0.258 e. The maximum atomic E-state index is 10.7. The Labute approximate surface area is 111 Å². The van der Waals surface area contributed by atoms with Crippen molar-refractivity contribution in [1.82, 2.24) is 0 Å². The molecule has 0 radical (unpaired) electrons. The van der Waals surface area contributed by atoms with Crippen LogP contribution in [-0.2, 0) is 0 Å². The zero-order valence-corrected chi connectivity index (χ0v) is 10.8. The van der Waals surface area contributed by atoms with Gasteiger partial charge in [-0.05, 0) is 31.0 Å². The van der Waals surface area contributed by atoms with E-state index < -0.39 is 4.92 Å². The highest BCUT2D eigenvalue weighted by Gasteiger charge is 2.04. The van der Waals surface area contributed by atoms with Crippen molar-refractivity contribution in [2.45, 2.75) is 13.8 Å². The van der Waals surface area contributed by atoms with Gasteiger partial charge in [0.25, 0.3) is 5.69 Å². The van der Waals surface area contributed by atoms with E-state index in [1.165, 1.54) is 17.7 Å². The fourth-order valence-corrected chi connectivity index (χ4v) is 1.81. The molecule has 0 heterocycles. The number of hydrogen-bond donors (Lipinski definition) is 0. The van der Waals surface area contributed by atoms with Gasteiger partial charge in [-0.25, -0.2) is 0 Å². The van der Waals surface area contributed by atoms with Crippen LogP contribution in [0, 0.1) is 24.0 Å². The van der Waals surface area contributed by atoms with Crippen LogP contribution in [0.25, 0.3) is 0 Å². The second-order valence-electron chi connectivity index (χ2n) is 4.40. The number of aryl methyl sites for hydroxylation is 2. The van der Waals surface area contributed by atoms with Crippen molar-refractivity contribution in [3.63, 3.8) is 0 Å². The van der Waals surface area contributed by atoms with E-state index in [9.17, 15) is 10.1 Å². The molecule has 0 saturated heterocycles. The minimum atomic E-state index is -0.408. The molecule has 96 valence electrons. The van der Waals surface area contributed by atoms with E-state index in [0.29, 0.717) is 5.56 Å². The Balaban J connectivity index is 2.27. The molecule has 2 aromatic carbocycles. The largest absolute Gasteiger partial charge is 0.270 e. The van der Waals surface area contributed by atoms with Crippen molar-refractivity contribution < 1.29 is 4.92 Å². The van der Waals surface area contributed by atoms with Gasteiger partial charge in [0.15, 0.2) is 0 Å². The molecule has 0 aliphatic rings.